The summed E-state index contributed by atoms with van der Waals surface area (Å²) in [6.45, 7) is 7.15. The van der Waals surface area contributed by atoms with E-state index < -0.39 is 17.2 Å². The van der Waals surface area contributed by atoms with Crippen LogP contribution in [0.5, 0.6) is 0 Å². The molecule has 0 fully saturated rings. The van der Waals surface area contributed by atoms with Crippen molar-refractivity contribution in [1.29, 1.82) is 0 Å². The van der Waals surface area contributed by atoms with Gasteiger partial charge in [-0.1, -0.05) is 13.8 Å². The molecular weight excluding hydrogens is 308 g/mol. The fraction of sp³-hybridized carbons (Fsp3) is 0.500. The minimum atomic E-state index is -0.604. The van der Waals surface area contributed by atoms with Crippen LogP contribution < -0.4 is 11.2 Å². The van der Waals surface area contributed by atoms with Crippen LogP contribution in [0.15, 0.2) is 9.59 Å². The van der Waals surface area contributed by atoms with Gasteiger partial charge >= 0.3 is 11.7 Å². The molecule has 0 bridgehead atoms. The van der Waals surface area contributed by atoms with Crippen LogP contribution in [-0.2, 0) is 11.3 Å². The molecule has 0 atom stereocenters. The summed E-state index contributed by atoms with van der Waals surface area (Å²) < 4.78 is 5.83. The molecule has 8 heteroatoms. The third-order valence-electron chi connectivity index (χ3n) is 2.86. The lowest BCUT2D eigenvalue weighted by Crippen LogP contribution is -2.35. The zero-order valence-corrected chi connectivity index (χ0v) is 13.9. The van der Waals surface area contributed by atoms with Gasteiger partial charge in [-0.3, -0.25) is 14.3 Å². The van der Waals surface area contributed by atoms with E-state index in [1.54, 1.807) is 13.8 Å². The minimum absolute atomic E-state index is 0.0892. The van der Waals surface area contributed by atoms with Crippen LogP contribution >= 0.6 is 11.3 Å². The number of esters is 1. The van der Waals surface area contributed by atoms with Crippen LogP contribution in [0.1, 0.15) is 36.0 Å². The van der Waals surface area contributed by atoms with Crippen molar-refractivity contribution in [2.24, 2.45) is 0 Å². The summed E-state index contributed by atoms with van der Waals surface area (Å²) >= 11 is 1.02. The number of aliphatic hydroxyl groups is 1. The van der Waals surface area contributed by atoms with E-state index in [1.807, 2.05) is 13.8 Å². The summed E-state index contributed by atoms with van der Waals surface area (Å²) in [5.41, 5.74) is -0.633. The van der Waals surface area contributed by atoms with Crippen LogP contribution in [0.25, 0.3) is 10.2 Å². The molecule has 0 aliphatic carbocycles. The lowest BCUT2D eigenvalue weighted by Gasteiger charge is -2.02. The summed E-state index contributed by atoms with van der Waals surface area (Å²) in [5, 5.41) is 9.17. The molecule has 0 saturated heterocycles. The zero-order chi connectivity index (χ0) is 16.9. The number of aromatic amines is 1. The van der Waals surface area contributed by atoms with Crippen LogP contribution in [0, 0.1) is 6.92 Å². The van der Waals surface area contributed by atoms with Crippen LogP contribution in [-0.4, -0.2) is 33.8 Å². The Morgan fingerprint density at radius 3 is 2.55 bits per heavy atom. The van der Waals surface area contributed by atoms with Crippen molar-refractivity contribution in [3.63, 3.8) is 0 Å². The van der Waals surface area contributed by atoms with Gasteiger partial charge in [-0.05, 0) is 19.4 Å². The van der Waals surface area contributed by atoms with Crippen LogP contribution in [0.4, 0.5) is 0 Å². The van der Waals surface area contributed by atoms with Crippen molar-refractivity contribution in [1.82, 2.24) is 9.55 Å². The molecular formula is C14H20N2O5S. The molecule has 0 aromatic carbocycles. The largest absolute Gasteiger partial charge is 0.462 e. The molecule has 0 aliphatic heterocycles. The smallest absolute Gasteiger partial charge is 0.348 e. The van der Waals surface area contributed by atoms with Crippen molar-refractivity contribution in [3.8, 4) is 0 Å². The van der Waals surface area contributed by atoms with Gasteiger partial charge in [0.1, 0.15) is 9.71 Å². The Morgan fingerprint density at radius 1 is 1.36 bits per heavy atom. The summed E-state index contributed by atoms with van der Waals surface area (Å²) in [5.74, 6) is -0.514. The predicted octanol–water partition coefficient (Wildman–Crippen LogP) is 1.25. The van der Waals surface area contributed by atoms with Gasteiger partial charge in [0, 0.05) is 0 Å². The molecule has 0 amide bonds. The van der Waals surface area contributed by atoms with Crippen molar-refractivity contribution in [2.45, 2.75) is 34.2 Å². The molecule has 0 aliphatic rings. The van der Waals surface area contributed by atoms with E-state index in [0.717, 1.165) is 15.9 Å². The summed E-state index contributed by atoms with van der Waals surface area (Å²) in [6, 6.07) is 0. The Balaban J connectivity index is 0.00000116. The number of ether oxygens (including phenoxy) is 1. The standard InChI is InChI=1S/C12H14N2O5S.C2H6/c1-3-19-11(17)8-6(2)7-9(20-8)13-12(18)14(4-5-15)10(7)16;1-2/h15H,3-5H2,1-2H3,(H,13,18);1-2H3. The number of hydrogen-bond acceptors (Lipinski definition) is 6. The summed E-state index contributed by atoms with van der Waals surface area (Å²) in [7, 11) is 0. The van der Waals surface area contributed by atoms with Gasteiger partial charge in [0.2, 0.25) is 0 Å². The van der Waals surface area contributed by atoms with Crippen molar-refractivity contribution >= 4 is 27.5 Å². The summed E-state index contributed by atoms with van der Waals surface area (Å²) in [6.07, 6.45) is 0. The van der Waals surface area contributed by atoms with E-state index in [0.29, 0.717) is 15.3 Å². The quantitative estimate of drug-likeness (QED) is 0.823. The van der Waals surface area contributed by atoms with Crippen molar-refractivity contribution in [2.75, 3.05) is 13.2 Å². The molecule has 2 aromatic heterocycles. The molecule has 122 valence electrons. The molecule has 2 rings (SSSR count). The molecule has 7 nitrogen and oxygen atoms in total. The average Bonchev–Trinajstić information content (AvgIpc) is 2.82. The number of aliphatic hydroxyl groups excluding tert-OH is 1. The van der Waals surface area contributed by atoms with Gasteiger partial charge in [0.25, 0.3) is 5.56 Å². The summed E-state index contributed by atoms with van der Waals surface area (Å²) in [4.78, 5) is 39.0. The molecule has 0 radical (unpaired) electrons. The molecule has 0 unspecified atom stereocenters. The van der Waals surface area contributed by atoms with Crippen LogP contribution in [0.3, 0.4) is 0 Å². The monoisotopic (exact) mass is 328 g/mol. The fourth-order valence-corrected chi connectivity index (χ4v) is 3.03. The second kappa shape index (κ2) is 7.90. The van der Waals surface area contributed by atoms with E-state index in [4.69, 9.17) is 9.84 Å². The number of carbonyl (C=O) groups excluding carboxylic acids is 1. The van der Waals surface area contributed by atoms with Crippen molar-refractivity contribution < 1.29 is 14.6 Å². The lowest BCUT2D eigenvalue weighted by atomic mass is 10.2. The number of nitrogens with zero attached hydrogens (tertiary/aromatic N) is 1. The first-order chi connectivity index (χ1) is 10.5. The number of hydrogen-bond donors (Lipinski definition) is 2. The Kier molecular flexibility index (Phi) is 6.51. The number of aromatic nitrogens is 2. The molecule has 2 aromatic rings. The van der Waals surface area contributed by atoms with Gasteiger partial charge in [-0.2, -0.15) is 0 Å². The number of rotatable bonds is 4. The third-order valence-corrected chi connectivity index (χ3v) is 4.04. The second-order valence-electron chi connectivity index (χ2n) is 4.09. The average molecular weight is 328 g/mol. The number of nitrogens with one attached hydrogen (secondary N) is 1. The highest BCUT2D eigenvalue weighted by atomic mass is 32.1. The van der Waals surface area contributed by atoms with Gasteiger partial charge in [-0.25, -0.2) is 9.59 Å². The maximum absolute atomic E-state index is 12.2. The first kappa shape index (κ1) is 18.1. The highest BCUT2D eigenvalue weighted by molar-refractivity contribution is 7.20. The van der Waals surface area contributed by atoms with E-state index in [1.165, 1.54) is 0 Å². The third kappa shape index (κ3) is 3.28. The molecule has 22 heavy (non-hydrogen) atoms. The Bertz CT molecular complexity index is 772. The lowest BCUT2D eigenvalue weighted by molar-refractivity contribution is 0.0531. The van der Waals surface area contributed by atoms with Crippen molar-refractivity contribution in [3.05, 3.63) is 31.3 Å². The van der Waals surface area contributed by atoms with Gasteiger partial charge in [0.05, 0.1) is 25.1 Å². The van der Waals surface area contributed by atoms with E-state index >= 15 is 0 Å². The highest BCUT2D eigenvalue weighted by Crippen LogP contribution is 2.26. The first-order valence-corrected chi connectivity index (χ1v) is 7.87. The maximum Gasteiger partial charge on any atom is 0.348 e. The topological polar surface area (TPSA) is 101 Å². The Labute approximate surface area is 131 Å². The van der Waals surface area contributed by atoms with E-state index in [-0.39, 0.29) is 25.1 Å². The first-order valence-electron chi connectivity index (χ1n) is 7.05. The molecule has 2 heterocycles. The predicted molar refractivity (Wildman–Crippen MR) is 85.8 cm³/mol. The van der Waals surface area contributed by atoms with Gasteiger partial charge < -0.3 is 9.84 Å². The Morgan fingerprint density at radius 2 is 2.00 bits per heavy atom. The molecule has 0 saturated carbocycles. The normalized spacial score (nSPS) is 10.2. The van der Waals surface area contributed by atoms with E-state index in [2.05, 4.69) is 4.98 Å². The minimum Gasteiger partial charge on any atom is -0.462 e. The zero-order valence-electron chi connectivity index (χ0n) is 13.1. The second-order valence-corrected chi connectivity index (χ2v) is 5.11. The number of thiophene rings is 1. The fourth-order valence-electron chi connectivity index (χ4n) is 1.95. The van der Waals surface area contributed by atoms with E-state index in [9.17, 15) is 14.4 Å². The maximum atomic E-state index is 12.2. The van der Waals surface area contributed by atoms with Crippen LogP contribution in [0.2, 0.25) is 0 Å². The highest BCUT2D eigenvalue weighted by Gasteiger charge is 2.20. The Hall–Kier alpha value is -1.93. The van der Waals surface area contributed by atoms with Gasteiger partial charge in [-0.15, -0.1) is 11.3 Å². The van der Waals surface area contributed by atoms with Gasteiger partial charge in [0.15, 0.2) is 0 Å². The number of aryl methyl sites for hydroxylation is 1. The number of H-pyrrole nitrogens is 1. The SMILES string of the molecule is CC.CCOC(=O)c1sc2[nH]c(=O)n(CCO)c(=O)c2c1C. The number of fused-ring (bicyclic) bond motifs is 1. The molecule has 2 N–H and O–H groups in total. The number of carbonyl (C=O) groups is 1. The molecule has 0 spiro atoms.